The normalized spacial score (nSPS) is 9.56. The average molecular weight is 349 g/mol. The van der Waals surface area contributed by atoms with Gasteiger partial charge in [0.25, 0.3) is 6.47 Å². The highest BCUT2D eigenvalue weighted by Crippen LogP contribution is 2.10. The number of nitrogens with zero attached hydrogens (tertiary/aromatic N) is 4. The van der Waals surface area contributed by atoms with Crippen molar-refractivity contribution in [1.29, 1.82) is 0 Å². The Bertz CT molecular complexity index is 790. The highest BCUT2D eigenvalue weighted by Gasteiger charge is 2.08. The number of aryl methyl sites for hydroxylation is 2. The summed E-state index contributed by atoms with van der Waals surface area (Å²) in [4.78, 5) is 43.7. The summed E-state index contributed by atoms with van der Waals surface area (Å²) in [5, 5.41) is 9.52. The molecular weight excluding hydrogens is 330 g/mol. The molecule has 10 nitrogen and oxygen atoms in total. The van der Waals surface area contributed by atoms with E-state index in [0.717, 1.165) is 5.69 Å². The van der Waals surface area contributed by atoms with Crippen molar-refractivity contribution in [2.24, 2.45) is 0 Å². The SMILES string of the molecule is COc1cc(NC(=O)CCn2c(C)cc(C)nc2=O)ncn1.O=CO. The monoisotopic (exact) mass is 349 g/mol. The molecule has 2 heterocycles. The molecule has 2 N–H and O–H groups in total. The first-order valence-corrected chi connectivity index (χ1v) is 7.20. The van der Waals surface area contributed by atoms with Crippen molar-refractivity contribution in [1.82, 2.24) is 19.5 Å². The van der Waals surface area contributed by atoms with Crippen LogP contribution < -0.4 is 15.7 Å². The quantitative estimate of drug-likeness (QED) is 0.740. The molecule has 0 aliphatic rings. The van der Waals surface area contributed by atoms with Crippen LogP contribution in [-0.2, 0) is 16.1 Å². The fourth-order valence-electron chi connectivity index (χ4n) is 1.98. The molecule has 0 radical (unpaired) electrons. The summed E-state index contributed by atoms with van der Waals surface area (Å²) in [7, 11) is 1.48. The molecule has 2 aromatic heterocycles. The van der Waals surface area contributed by atoms with Crippen molar-refractivity contribution >= 4 is 18.2 Å². The first-order valence-electron chi connectivity index (χ1n) is 7.20. The lowest BCUT2D eigenvalue weighted by molar-refractivity contribution is -0.123. The maximum atomic E-state index is 11.9. The summed E-state index contributed by atoms with van der Waals surface area (Å²) in [6, 6.07) is 3.32. The summed E-state index contributed by atoms with van der Waals surface area (Å²) in [5.41, 5.74) is 1.08. The van der Waals surface area contributed by atoms with Crippen LogP contribution in [0, 0.1) is 13.8 Å². The number of methoxy groups -OCH3 is 1. The second kappa shape index (κ2) is 9.75. The van der Waals surface area contributed by atoms with Crippen LogP contribution in [0.5, 0.6) is 5.88 Å². The van der Waals surface area contributed by atoms with E-state index in [2.05, 4.69) is 20.3 Å². The van der Waals surface area contributed by atoms with E-state index in [1.54, 1.807) is 13.0 Å². The number of rotatable bonds is 5. The van der Waals surface area contributed by atoms with Crippen molar-refractivity contribution < 1.29 is 19.4 Å². The fourth-order valence-corrected chi connectivity index (χ4v) is 1.98. The minimum atomic E-state index is -0.353. The summed E-state index contributed by atoms with van der Waals surface area (Å²) < 4.78 is 6.42. The molecule has 0 atom stereocenters. The second-order valence-electron chi connectivity index (χ2n) is 4.82. The maximum absolute atomic E-state index is 11.9. The molecule has 134 valence electrons. The van der Waals surface area contributed by atoms with Gasteiger partial charge in [0.15, 0.2) is 0 Å². The van der Waals surface area contributed by atoms with Crippen LogP contribution in [0.4, 0.5) is 5.82 Å². The van der Waals surface area contributed by atoms with Crippen LogP contribution in [0.3, 0.4) is 0 Å². The molecule has 0 saturated carbocycles. The third-order valence-corrected chi connectivity index (χ3v) is 3.03. The van der Waals surface area contributed by atoms with E-state index in [-0.39, 0.29) is 31.0 Å². The van der Waals surface area contributed by atoms with Gasteiger partial charge in [-0.25, -0.2) is 14.8 Å². The van der Waals surface area contributed by atoms with Crippen LogP contribution in [0.25, 0.3) is 0 Å². The Morgan fingerprint density at radius 3 is 2.64 bits per heavy atom. The molecular formula is C15H19N5O5. The topological polar surface area (TPSA) is 136 Å². The summed E-state index contributed by atoms with van der Waals surface area (Å²) in [6.45, 7) is 3.57. The summed E-state index contributed by atoms with van der Waals surface area (Å²) in [6.07, 6.45) is 1.44. The molecule has 25 heavy (non-hydrogen) atoms. The zero-order valence-corrected chi connectivity index (χ0v) is 14.1. The first-order chi connectivity index (χ1) is 11.9. The van der Waals surface area contributed by atoms with Gasteiger partial charge in [0.2, 0.25) is 11.8 Å². The number of hydrogen-bond donors (Lipinski definition) is 2. The third kappa shape index (κ3) is 6.37. The fraction of sp³-hybridized carbons (Fsp3) is 0.333. The zero-order valence-electron chi connectivity index (χ0n) is 14.1. The lowest BCUT2D eigenvalue weighted by atomic mass is 10.3. The number of hydrogen-bond acceptors (Lipinski definition) is 7. The predicted molar refractivity (Wildman–Crippen MR) is 88.5 cm³/mol. The Balaban J connectivity index is 0.000000970. The number of amides is 1. The number of nitrogens with one attached hydrogen (secondary N) is 1. The van der Waals surface area contributed by atoms with Gasteiger partial charge in [-0.3, -0.25) is 14.2 Å². The number of carbonyl (C=O) groups is 2. The zero-order chi connectivity index (χ0) is 18.8. The molecule has 0 spiro atoms. The van der Waals surface area contributed by atoms with Crippen molar-refractivity contribution in [2.45, 2.75) is 26.8 Å². The maximum Gasteiger partial charge on any atom is 0.347 e. The first kappa shape index (κ1) is 19.7. The molecule has 0 saturated heterocycles. The van der Waals surface area contributed by atoms with E-state index in [0.29, 0.717) is 17.4 Å². The van der Waals surface area contributed by atoms with Gasteiger partial charge in [-0.1, -0.05) is 0 Å². The van der Waals surface area contributed by atoms with Crippen LogP contribution in [0.2, 0.25) is 0 Å². The number of ether oxygens (including phenoxy) is 1. The molecule has 0 aliphatic carbocycles. The number of anilines is 1. The van der Waals surface area contributed by atoms with Gasteiger partial charge in [0.1, 0.15) is 12.1 Å². The highest BCUT2D eigenvalue weighted by atomic mass is 16.5. The van der Waals surface area contributed by atoms with Crippen LogP contribution >= 0.6 is 0 Å². The Hall–Kier alpha value is -3.30. The van der Waals surface area contributed by atoms with Gasteiger partial charge in [-0.15, -0.1) is 0 Å². The second-order valence-corrected chi connectivity index (χ2v) is 4.82. The van der Waals surface area contributed by atoms with Crippen LogP contribution in [0.15, 0.2) is 23.3 Å². The number of carbonyl (C=O) groups excluding carboxylic acids is 1. The van der Waals surface area contributed by atoms with Crippen LogP contribution in [-0.4, -0.2) is 44.1 Å². The Morgan fingerprint density at radius 1 is 1.36 bits per heavy atom. The van der Waals surface area contributed by atoms with E-state index < -0.39 is 0 Å². The van der Waals surface area contributed by atoms with E-state index in [1.165, 1.54) is 24.1 Å². The van der Waals surface area contributed by atoms with Gasteiger partial charge in [-0.05, 0) is 19.9 Å². The Labute approximate surface area is 143 Å². The van der Waals surface area contributed by atoms with Gasteiger partial charge in [-0.2, -0.15) is 4.98 Å². The molecule has 1 amide bonds. The molecule has 0 aliphatic heterocycles. The molecule has 2 aromatic rings. The summed E-state index contributed by atoms with van der Waals surface area (Å²) in [5.74, 6) is 0.454. The Morgan fingerprint density at radius 2 is 2.04 bits per heavy atom. The van der Waals surface area contributed by atoms with Crippen molar-refractivity contribution in [3.8, 4) is 5.88 Å². The molecule has 0 fully saturated rings. The lowest BCUT2D eigenvalue weighted by Gasteiger charge is -2.10. The average Bonchev–Trinajstić information content (AvgIpc) is 2.54. The van der Waals surface area contributed by atoms with Crippen molar-refractivity contribution in [2.75, 3.05) is 12.4 Å². The third-order valence-electron chi connectivity index (χ3n) is 3.03. The molecule has 0 unspecified atom stereocenters. The number of carboxylic acid groups (broad SMARTS) is 1. The van der Waals surface area contributed by atoms with E-state index in [1.807, 2.05) is 6.92 Å². The molecule has 0 aromatic carbocycles. The van der Waals surface area contributed by atoms with Crippen molar-refractivity contribution in [3.63, 3.8) is 0 Å². The van der Waals surface area contributed by atoms with Crippen LogP contribution in [0.1, 0.15) is 17.8 Å². The minimum absolute atomic E-state index is 0.137. The molecule has 2 rings (SSSR count). The molecule has 10 heteroatoms. The van der Waals surface area contributed by atoms with E-state index >= 15 is 0 Å². The predicted octanol–water partition coefficient (Wildman–Crippen LogP) is 0.388. The summed E-state index contributed by atoms with van der Waals surface area (Å²) >= 11 is 0. The van der Waals surface area contributed by atoms with E-state index in [4.69, 9.17) is 14.6 Å². The van der Waals surface area contributed by atoms with Gasteiger partial charge in [0.05, 0.1) is 7.11 Å². The Kier molecular flexibility index (Phi) is 7.70. The lowest BCUT2D eigenvalue weighted by Crippen LogP contribution is -2.27. The largest absolute Gasteiger partial charge is 0.483 e. The van der Waals surface area contributed by atoms with Gasteiger partial charge >= 0.3 is 5.69 Å². The van der Waals surface area contributed by atoms with Gasteiger partial charge in [0, 0.05) is 30.4 Å². The number of aromatic nitrogens is 4. The standard InChI is InChI=1S/C14H17N5O3.CH2O2/c1-9-6-10(2)19(14(21)17-9)5-4-12(20)18-11-7-13(22-3)16-8-15-11;2-1-3/h6-8H,4-5H2,1-3H3,(H,15,16,18,20);1H,(H,2,3). The minimum Gasteiger partial charge on any atom is -0.483 e. The highest BCUT2D eigenvalue weighted by molar-refractivity contribution is 5.89. The van der Waals surface area contributed by atoms with Gasteiger partial charge < -0.3 is 15.2 Å². The smallest absolute Gasteiger partial charge is 0.347 e. The van der Waals surface area contributed by atoms with Crippen molar-refractivity contribution in [3.05, 3.63) is 40.3 Å². The molecule has 0 bridgehead atoms. The van der Waals surface area contributed by atoms with E-state index in [9.17, 15) is 9.59 Å².